The van der Waals surface area contributed by atoms with E-state index in [2.05, 4.69) is 88.5 Å². The Morgan fingerprint density at radius 3 is 2.06 bits per heavy atom. The summed E-state index contributed by atoms with van der Waals surface area (Å²) in [6.07, 6.45) is 21.2. The van der Waals surface area contributed by atoms with Crippen molar-refractivity contribution in [1.82, 2.24) is 30.2 Å². The van der Waals surface area contributed by atoms with Crippen LogP contribution in [0.3, 0.4) is 0 Å². The predicted molar refractivity (Wildman–Crippen MR) is 280 cm³/mol. The quantitative estimate of drug-likeness (QED) is 0.0387. The monoisotopic (exact) mass is 939 g/mol. The van der Waals surface area contributed by atoms with Gasteiger partial charge >= 0.3 is 0 Å². The highest BCUT2D eigenvalue weighted by Crippen LogP contribution is 2.30. The Morgan fingerprint density at radius 1 is 0.739 bits per heavy atom. The normalized spacial score (nSPS) is 16.1. The van der Waals surface area contributed by atoms with Crippen molar-refractivity contribution >= 4 is 24.0 Å². The number of benzene rings is 3. The molecule has 0 aromatic heterocycles. The molecule has 0 spiro atoms. The number of aryl methyl sites for hydroxylation is 2. The Labute approximate surface area is 414 Å². The van der Waals surface area contributed by atoms with Crippen molar-refractivity contribution in [2.24, 2.45) is 0 Å². The number of carbonyl (C=O) groups excluding carboxylic acids is 4. The van der Waals surface area contributed by atoms with Crippen LogP contribution in [0.25, 0.3) is 0 Å². The molecule has 10 heteroatoms. The molecule has 3 aromatic carbocycles. The largest absolute Gasteiger partial charge is 0.392 e. The molecule has 1 fully saturated rings. The van der Waals surface area contributed by atoms with Gasteiger partial charge in [-0.2, -0.15) is 0 Å². The summed E-state index contributed by atoms with van der Waals surface area (Å²) < 4.78 is 0. The fourth-order valence-electron chi connectivity index (χ4n) is 10.3. The van der Waals surface area contributed by atoms with Crippen molar-refractivity contribution in [3.63, 3.8) is 0 Å². The van der Waals surface area contributed by atoms with Crippen LogP contribution in [0.2, 0.25) is 0 Å². The van der Waals surface area contributed by atoms with Gasteiger partial charge in [0.15, 0.2) is 0 Å². The summed E-state index contributed by atoms with van der Waals surface area (Å²) in [7, 11) is 1.77. The van der Waals surface area contributed by atoms with E-state index in [0.29, 0.717) is 49.1 Å². The minimum Gasteiger partial charge on any atom is -0.392 e. The van der Waals surface area contributed by atoms with E-state index in [0.717, 1.165) is 87.5 Å². The van der Waals surface area contributed by atoms with Crippen LogP contribution >= 0.6 is 0 Å². The van der Waals surface area contributed by atoms with Crippen LogP contribution in [0.15, 0.2) is 102 Å². The number of imide groups is 1. The molecule has 1 saturated heterocycles. The van der Waals surface area contributed by atoms with E-state index < -0.39 is 11.9 Å². The zero-order chi connectivity index (χ0) is 49.0. The van der Waals surface area contributed by atoms with Gasteiger partial charge in [0.1, 0.15) is 6.29 Å². The minimum absolute atomic E-state index is 0.146. The number of piperazine rings is 1. The summed E-state index contributed by atoms with van der Waals surface area (Å²) >= 11 is 0. The Kier molecular flexibility index (Phi) is 21.3. The van der Waals surface area contributed by atoms with Crippen molar-refractivity contribution in [2.75, 3.05) is 46.3 Å². The molecule has 1 unspecified atom stereocenters. The van der Waals surface area contributed by atoms with E-state index in [1.54, 1.807) is 14.0 Å². The first-order chi connectivity index (χ1) is 33.6. The molecule has 69 heavy (non-hydrogen) atoms. The number of nitrogens with zero attached hydrogens (tertiary/aromatic N) is 4. The molecule has 0 saturated carbocycles. The van der Waals surface area contributed by atoms with E-state index in [1.165, 1.54) is 104 Å². The summed E-state index contributed by atoms with van der Waals surface area (Å²) in [6.45, 7) is 18.5. The summed E-state index contributed by atoms with van der Waals surface area (Å²) in [4.78, 5) is 60.9. The van der Waals surface area contributed by atoms with Crippen LogP contribution in [0.4, 0.5) is 0 Å². The van der Waals surface area contributed by atoms with Gasteiger partial charge in [-0.15, -0.1) is 0 Å². The van der Waals surface area contributed by atoms with E-state index in [-0.39, 0.29) is 11.8 Å². The highest BCUT2D eigenvalue weighted by Gasteiger charge is 2.41. The van der Waals surface area contributed by atoms with Crippen molar-refractivity contribution < 1.29 is 19.2 Å². The first-order valence-corrected chi connectivity index (χ1v) is 26.4. The number of amides is 3. The summed E-state index contributed by atoms with van der Waals surface area (Å²) in [6, 6.07) is 22.8. The molecule has 3 aromatic rings. The van der Waals surface area contributed by atoms with E-state index >= 15 is 0 Å². The van der Waals surface area contributed by atoms with Crippen LogP contribution in [-0.4, -0.2) is 96.0 Å². The third-order valence-corrected chi connectivity index (χ3v) is 14.6. The fourth-order valence-corrected chi connectivity index (χ4v) is 10.3. The Bertz CT molecular complexity index is 2240. The number of nitrogens with one attached hydrogen (secondary N) is 2. The number of aldehydes is 1. The molecule has 2 N–H and O–H groups in total. The molecule has 0 aliphatic carbocycles. The van der Waals surface area contributed by atoms with Crippen LogP contribution in [0, 0.1) is 6.92 Å². The Balaban J connectivity index is 0.772. The minimum atomic E-state index is -0.810. The maximum Gasteiger partial charge on any atom is 0.263 e. The van der Waals surface area contributed by atoms with Crippen LogP contribution in [-0.2, 0) is 46.9 Å². The zero-order valence-electron chi connectivity index (χ0n) is 42.6. The maximum absolute atomic E-state index is 13.9. The summed E-state index contributed by atoms with van der Waals surface area (Å²) in [5.41, 5.74) is 10.7. The van der Waals surface area contributed by atoms with Gasteiger partial charge in [-0.1, -0.05) is 144 Å². The first-order valence-electron chi connectivity index (χ1n) is 26.4. The lowest BCUT2D eigenvalue weighted by Crippen LogP contribution is -2.46. The SMILES string of the molecule is C=C(CCC(C=O)N1C(=O)C(C)=C(/C(=C\CC)NCCCCCCCCCCCCCCN2CCN(Cc3ccc4c(c3)CN(C(=O)c3cccc(C)c3CCc3ccccc3)C4)CC2)C1=O)NC. The van der Waals surface area contributed by atoms with Gasteiger partial charge in [0.2, 0.25) is 0 Å². The van der Waals surface area contributed by atoms with Crippen LogP contribution < -0.4 is 10.6 Å². The molecule has 372 valence electrons. The summed E-state index contributed by atoms with van der Waals surface area (Å²) in [5, 5.41) is 6.41. The van der Waals surface area contributed by atoms with Gasteiger partial charge in [0, 0.05) is 81.9 Å². The third-order valence-electron chi connectivity index (χ3n) is 14.6. The van der Waals surface area contributed by atoms with Gasteiger partial charge in [0.05, 0.1) is 11.6 Å². The standard InChI is InChI=1S/C59H82N6O4/c1-6-23-55(56-47(4)57(67)65(59(56)69)52(44-66)32-28-46(3)60-5)61-34-20-15-13-11-9-7-8-10-12-14-16-21-35-62-36-38-63(39-37-62)41-49-29-31-50-42-64(43-51(50)40-49)58(68)54-27-22-24-45(2)53(54)33-30-48-25-18-17-19-26-48/h17-19,22-27,29,31,40,44,52,60-61H,3,6-16,20-21,28,30,32-39,41-43H2,1-2,4-5H3/b55-23+. The van der Waals surface area contributed by atoms with E-state index in [4.69, 9.17) is 0 Å². The van der Waals surface area contributed by atoms with E-state index in [1.807, 2.05) is 30.0 Å². The molecule has 3 aliphatic heterocycles. The molecule has 0 radical (unpaired) electrons. The third kappa shape index (κ3) is 15.3. The second-order valence-electron chi connectivity index (χ2n) is 19.7. The number of carbonyl (C=O) groups is 4. The zero-order valence-corrected chi connectivity index (χ0v) is 42.6. The topological polar surface area (TPSA) is 105 Å². The van der Waals surface area contributed by atoms with Crippen molar-refractivity contribution in [3.8, 4) is 0 Å². The number of unbranched alkanes of at least 4 members (excludes halogenated alkanes) is 11. The number of hydrogen-bond donors (Lipinski definition) is 2. The van der Waals surface area contributed by atoms with Gasteiger partial charge in [-0.25, -0.2) is 0 Å². The fraction of sp³-hybridized carbons (Fsp3) is 0.525. The number of rotatable bonds is 30. The highest BCUT2D eigenvalue weighted by molar-refractivity contribution is 6.22. The smallest absolute Gasteiger partial charge is 0.263 e. The van der Waals surface area contributed by atoms with Gasteiger partial charge in [-0.05, 0) is 105 Å². The molecular weight excluding hydrogens is 857 g/mol. The number of hydrogen-bond acceptors (Lipinski definition) is 8. The lowest BCUT2D eigenvalue weighted by Gasteiger charge is -2.34. The predicted octanol–water partition coefficient (Wildman–Crippen LogP) is 10.4. The molecule has 10 nitrogen and oxygen atoms in total. The summed E-state index contributed by atoms with van der Waals surface area (Å²) in [5.74, 6) is -0.631. The molecule has 6 rings (SSSR count). The van der Waals surface area contributed by atoms with Gasteiger partial charge in [0.25, 0.3) is 17.7 Å². The van der Waals surface area contributed by atoms with E-state index in [9.17, 15) is 19.2 Å². The van der Waals surface area contributed by atoms with Crippen molar-refractivity contribution in [2.45, 2.75) is 156 Å². The second kappa shape index (κ2) is 27.8. The second-order valence-corrected chi connectivity index (χ2v) is 19.7. The van der Waals surface area contributed by atoms with Crippen molar-refractivity contribution in [3.05, 3.63) is 141 Å². The van der Waals surface area contributed by atoms with Crippen LogP contribution in [0.5, 0.6) is 0 Å². The number of fused-ring (bicyclic) bond motifs is 1. The maximum atomic E-state index is 13.9. The van der Waals surface area contributed by atoms with Gasteiger partial charge in [-0.3, -0.25) is 24.2 Å². The number of allylic oxidation sites excluding steroid dienone is 2. The molecule has 3 amide bonds. The lowest BCUT2D eigenvalue weighted by atomic mass is 9.95. The molecular formula is C59H82N6O4. The molecule has 1 atom stereocenters. The van der Waals surface area contributed by atoms with Crippen molar-refractivity contribution in [1.29, 1.82) is 0 Å². The Hall–Kier alpha value is -5.32. The average molecular weight is 939 g/mol. The lowest BCUT2D eigenvalue weighted by molar-refractivity contribution is -0.142. The molecule has 0 bridgehead atoms. The Morgan fingerprint density at radius 2 is 1.39 bits per heavy atom. The first kappa shape index (κ1) is 53.0. The molecule has 3 heterocycles. The van der Waals surface area contributed by atoms with Crippen LogP contribution in [0.1, 0.15) is 154 Å². The average Bonchev–Trinajstić information content (AvgIpc) is 3.88. The van der Waals surface area contributed by atoms with Gasteiger partial charge < -0.3 is 25.2 Å². The molecule has 3 aliphatic rings. The highest BCUT2D eigenvalue weighted by atomic mass is 16.2.